The number of carbonyl (C=O) groups is 4. The molecule has 3 atom stereocenters. The van der Waals surface area contributed by atoms with E-state index in [0.717, 1.165) is 5.56 Å². The van der Waals surface area contributed by atoms with Crippen molar-refractivity contribution in [3.05, 3.63) is 35.9 Å². The van der Waals surface area contributed by atoms with E-state index in [1.807, 2.05) is 44.2 Å². The van der Waals surface area contributed by atoms with Gasteiger partial charge in [-0.2, -0.15) is 0 Å². The Bertz CT molecular complexity index is 888. The predicted molar refractivity (Wildman–Crippen MR) is 140 cm³/mol. The van der Waals surface area contributed by atoms with Crippen LogP contribution in [-0.4, -0.2) is 53.6 Å². The Labute approximate surface area is 221 Å². The molecular weight excluding hydrogens is 476 g/mol. The SMILES string of the molecule is CCC(C)[C@H](NCC(=O)N[C@@H](CCC(=O)OCc1ccccc1)C(=O)OC(C)(C)C)C(=O)OC(C)(C)C. The van der Waals surface area contributed by atoms with Crippen molar-refractivity contribution >= 4 is 23.8 Å². The van der Waals surface area contributed by atoms with Gasteiger partial charge in [0, 0.05) is 6.42 Å². The fourth-order valence-corrected chi connectivity index (χ4v) is 3.26. The largest absolute Gasteiger partial charge is 0.461 e. The van der Waals surface area contributed by atoms with Crippen LogP contribution < -0.4 is 10.6 Å². The van der Waals surface area contributed by atoms with Crippen LogP contribution in [0, 0.1) is 5.92 Å². The Morgan fingerprint density at radius 1 is 0.892 bits per heavy atom. The number of amides is 1. The molecule has 0 spiro atoms. The summed E-state index contributed by atoms with van der Waals surface area (Å²) < 4.78 is 16.2. The first-order valence-electron chi connectivity index (χ1n) is 12.8. The molecule has 1 unspecified atom stereocenters. The zero-order valence-electron chi connectivity index (χ0n) is 23.5. The highest BCUT2D eigenvalue weighted by Crippen LogP contribution is 2.15. The summed E-state index contributed by atoms with van der Waals surface area (Å²) in [5.41, 5.74) is -0.589. The molecule has 1 aromatic carbocycles. The highest BCUT2D eigenvalue weighted by molar-refractivity contribution is 5.86. The third-order valence-electron chi connectivity index (χ3n) is 5.26. The minimum Gasteiger partial charge on any atom is -0.461 e. The second-order valence-corrected chi connectivity index (χ2v) is 11.1. The van der Waals surface area contributed by atoms with Crippen molar-refractivity contribution in [3.8, 4) is 0 Å². The molecule has 9 nitrogen and oxygen atoms in total. The summed E-state index contributed by atoms with van der Waals surface area (Å²) in [6.07, 6.45) is 0.622. The highest BCUT2D eigenvalue weighted by Gasteiger charge is 2.31. The third kappa shape index (κ3) is 13.8. The fourth-order valence-electron chi connectivity index (χ4n) is 3.26. The van der Waals surface area contributed by atoms with E-state index < -0.39 is 47.1 Å². The fraction of sp³-hybridized carbons (Fsp3) is 0.643. The van der Waals surface area contributed by atoms with Gasteiger partial charge in [0.1, 0.15) is 29.9 Å². The van der Waals surface area contributed by atoms with Crippen LogP contribution in [0.5, 0.6) is 0 Å². The maximum absolute atomic E-state index is 12.8. The number of rotatable bonds is 13. The number of esters is 3. The first-order valence-corrected chi connectivity index (χ1v) is 12.8. The Kier molecular flexibility index (Phi) is 12.8. The molecule has 9 heteroatoms. The molecule has 0 radical (unpaired) electrons. The van der Waals surface area contributed by atoms with E-state index in [-0.39, 0.29) is 31.9 Å². The number of nitrogens with one attached hydrogen (secondary N) is 2. The van der Waals surface area contributed by atoms with Crippen molar-refractivity contribution in [3.63, 3.8) is 0 Å². The second kappa shape index (κ2) is 14.7. The number of carbonyl (C=O) groups excluding carboxylic acids is 4. The lowest BCUT2D eigenvalue weighted by atomic mass is 9.99. The van der Waals surface area contributed by atoms with Crippen molar-refractivity contribution in [2.24, 2.45) is 5.92 Å². The molecule has 0 aliphatic heterocycles. The van der Waals surface area contributed by atoms with E-state index >= 15 is 0 Å². The molecule has 1 amide bonds. The topological polar surface area (TPSA) is 120 Å². The molecule has 2 N–H and O–H groups in total. The minimum absolute atomic E-state index is 0.00906. The molecule has 208 valence electrons. The molecule has 0 aliphatic carbocycles. The van der Waals surface area contributed by atoms with Crippen LogP contribution in [0.4, 0.5) is 0 Å². The summed E-state index contributed by atoms with van der Waals surface area (Å²) in [7, 11) is 0. The summed E-state index contributed by atoms with van der Waals surface area (Å²) in [6.45, 7) is 14.2. The molecule has 0 aliphatic rings. The van der Waals surface area contributed by atoms with Crippen LogP contribution in [0.15, 0.2) is 30.3 Å². The van der Waals surface area contributed by atoms with Gasteiger partial charge in [-0.1, -0.05) is 50.6 Å². The Hall–Kier alpha value is -2.94. The van der Waals surface area contributed by atoms with Gasteiger partial charge < -0.3 is 19.5 Å². The molecule has 0 saturated heterocycles. The molecule has 1 aromatic rings. The summed E-state index contributed by atoms with van der Waals surface area (Å²) in [6, 6.07) is 7.50. The third-order valence-corrected chi connectivity index (χ3v) is 5.26. The van der Waals surface area contributed by atoms with Crippen molar-refractivity contribution in [1.82, 2.24) is 10.6 Å². The Morgan fingerprint density at radius 3 is 2.00 bits per heavy atom. The Balaban J connectivity index is 2.78. The van der Waals surface area contributed by atoms with E-state index in [2.05, 4.69) is 10.6 Å². The van der Waals surface area contributed by atoms with Gasteiger partial charge in [0.25, 0.3) is 0 Å². The van der Waals surface area contributed by atoms with Gasteiger partial charge >= 0.3 is 17.9 Å². The summed E-state index contributed by atoms with van der Waals surface area (Å²) in [5.74, 6) is -2.18. The quantitative estimate of drug-likeness (QED) is 0.299. The van der Waals surface area contributed by atoms with E-state index in [1.54, 1.807) is 41.5 Å². The molecule has 0 aromatic heterocycles. The Morgan fingerprint density at radius 2 is 1.46 bits per heavy atom. The smallest absolute Gasteiger partial charge is 0.329 e. The van der Waals surface area contributed by atoms with E-state index in [4.69, 9.17) is 14.2 Å². The zero-order chi connectivity index (χ0) is 28.2. The van der Waals surface area contributed by atoms with Gasteiger partial charge in [0.15, 0.2) is 0 Å². The minimum atomic E-state index is -1.05. The first-order chi connectivity index (χ1) is 17.1. The van der Waals surface area contributed by atoms with Crippen molar-refractivity contribution in [1.29, 1.82) is 0 Å². The monoisotopic (exact) mass is 520 g/mol. The standard InChI is InChI=1S/C28H44N2O7/c1-9-19(2)24(26(34)37-28(6,7)8)29-17-22(31)30-21(25(33)36-27(3,4)5)15-16-23(32)35-18-20-13-11-10-12-14-20/h10-14,19,21,24,29H,9,15-18H2,1-8H3,(H,30,31)/t19?,21-,24-/m0/s1. The summed E-state index contributed by atoms with van der Waals surface area (Å²) in [4.78, 5) is 50.4. The van der Waals surface area contributed by atoms with Crippen LogP contribution in [0.3, 0.4) is 0 Å². The van der Waals surface area contributed by atoms with Crippen LogP contribution in [0.1, 0.15) is 80.2 Å². The first kappa shape index (κ1) is 32.1. The summed E-state index contributed by atoms with van der Waals surface area (Å²) >= 11 is 0. The molecule has 37 heavy (non-hydrogen) atoms. The predicted octanol–water partition coefficient (Wildman–Crippen LogP) is 3.68. The molecule has 0 heterocycles. The van der Waals surface area contributed by atoms with Crippen molar-refractivity contribution in [2.75, 3.05) is 6.54 Å². The number of hydrogen-bond donors (Lipinski definition) is 2. The van der Waals surface area contributed by atoms with Crippen LogP contribution in [0.25, 0.3) is 0 Å². The number of ether oxygens (including phenoxy) is 3. The molecule has 0 bridgehead atoms. The highest BCUT2D eigenvalue weighted by atomic mass is 16.6. The molecule has 0 saturated carbocycles. The van der Waals surface area contributed by atoms with Crippen molar-refractivity contribution in [2.45, 2.75) is 105 Å². The second-order valence-electron chi connectivity index (χ2n) is 11.1. The van der Waals surface area contributed by atoms with Crippen LogP contribution >= 0.6 is 0 Å². The van der Waals surface area contributed by atoms with Gasteiger partial charge in [0.05, 0.1) is 6.54 Å². The lowest BCUT2D eigenvalue weighted by molar-refractivity contribution is -0.161. The van der Waals surface area contributed by atoms with E-state index in [9.17, 15) is 19.2 Å². The van der Waals surface area contributed by atoms with Gasteiger partial charge in [-0.3, -0.25) is 19.7 Å². The van der Waals surface area contributed by atoms with E-state index in [0.29, 0.717) is 6.42 Å². The van der Waals surface area contributed by atoms with Gasteiger partial charge in [-0.05, 0) is 59.4 Å². The molecule has 1 rings (SSSR count). The molecule has 0 fully saturated rings. The normalized spacial score (nSPS) is 14.2. The van der Waals surface area contributed by atoms with Crippen molar-refractivity contribution < 1.29 is 33.4 Å². The lowest BCUT2D eigenvalue weighted by Crippen LogP contribution is -2.51. The van der Waals surface area contributed by atoms with Gasteiger partial charge in [-0.15, -0.1) is 0 Å². The maximum Gasteiger partial charge on any atom is 0.329 e. The average Bonchev–Trinajstić information content (AvgIpc) is 2.78. The van der Waals surface area contributed by atoms with Crippen LogP contribution in [-0.2, 0) is 40.0 Å². The maximum atomic E-state index is 12.8. The molecular formula is C28H44N2O7. The van der Waals surface area contributed by atoms with Gasteiger partial charge in [-0.25, -0.2) is 4.79 Å². The number of hydrogen-bond acceptors (Lipinski definition) is 8. The summed E-state index contributed by atoms with van der Waals surface area (Å²) in [5, 5.41) is 5.59. The van der Waals surface area contributed by atoms with Gasteiger partial charge in [0.2, 0.25) is 5.91 Å². The lowest BCUT2D eigenvalue weighted by Gasteiger charge is -2.28. The zero-order valence-corrected chi connectivity index (χ0v) is 23.5. The van der Waals surface area contributed by atoms with Crippen LogP contribution in [0.2, 0.25) is 0 Å². The number of benzene rings is 1. The van der Waals surface area contributed by atoms with E-state index in [1.165, 1.54) is 0 Å². The average molecular weight is 521 g/mol.